The molecular formula is C15H15FN4. The molecule has 2 rings (SSSR count). The Labute approximate surface area is 117 Å². The van der Waals surface area contributed by atoms with Crippen LogP contribution in [-0.2, 0) is 6.42 Å². The summed E-state index contributed by atoms with van der Waals surface area (Å²) in [5, 5.41) is 20.3. The summed E-state index contributed by atoms with van der Waals surface area (Å²) in [5.41, 5.74) is 3.14. The van der Waals surface area contributed by atoms with E-state index in [0.29, 0.717) is 17.9 Å². The van der Waals surface area contributed by atoms with Gasteiger partial charge in [-0.25, -0.2) is 4.39 Å². The maximum atomic E-state index is 12.8. The predicted octanol–water partition coefficient (Wildman–Crippen LogP) is 2.76. The van der Waals surface area contributed by atoms with E-state index in [1.807, 2.05) is 13.8 Å². The van der Waals surface area contributed by atoms with E-state index in [2.05, 4.69) is 21.6 Å². The van der Waals surface area contributed by atoms with Crippen molar-refractivity contribution < 1.29 is 4.39 Å². The zero-order valence-electron chi connectivity index (χ0n) is 11.4. The largest absolute Gasteiger partial charge is 0.367 e. The van der Waals surface area contributed by atoms with Crippen LogP contribution in [0, 0.1) is 31.0 Å². The first-order valence-corrected chi connectivity index (χ1v) is 6.34. The summed E-state index contributed by atoms with van der Waals surface area (Å²) in [6.07, 6.45) is 0.722. The topological polar surface area (TPSA) is 61.6 Å². The average molecular weight is 270 g/mol. The van der Waals surface area contributed by atoms with Crippen LogP contribution >= 0.6 is 0 Å². The third-order valence-corrected chi connectivity index (χ3v) is 3.19. The second-order valence-electron chi connectivity index (χ2n) is 4.55. The van der Waals surface area contributed by atoms with Crippen LogP contribution in [-0.4, -0.2) is 16.7 Å². The van der Waals surface area contributed by atoms with Crippen LogP contribution in [0.5, 0.6) is 0 Å². The highest BCUT2D eigenvalue weighted by Gasteiger charge is 2.09. The van der Waals surface area contributed by atoms with Crippen LogP contribution in [0.25, 0.3) is 0 Å². The van der Waals surface area contributed by atoms with Crippen LogP contribution in [0.15, 0.2) is 24.3 Å². The number of nitrogens with one attached hydrogen (secondary N) is 1. The normalized spacial score (nSPS) is 10.1. The van der Waals surface area contributed by atoms with Gasteiger partial charge in [0.2, 0.25) is 0 Å². The molecule has 0 aliphatic rings. The lowest BCUT2D eigenvalue weighted by Gasteiger charge is -2.09. The van der Waals surface area contributed by atoms with Crippen molar-refractivity contribution in [3.05, 3.63) is 52.5 Å². The molecule has 0 spiro atoms. The molecule has 0 fully saturated rings. The van der Waals surface area contributed by atoms with Gasteiger partial charge in [-0.3, -0.25) is 0 Å². The Balaban J connectivity index is 2.03. The molecule has 4 nitrogen and oxygen atoms in total. The first-order valence-electron chi connectivity index (χ1n) is 6.34. The van der Waals surface area contributed by atoms with Gasteiger partial charge in [0.05, 0.1) is 5.69 Å². The van der Waals surface area contributed by atoms with Crippen molar-refractivity contribution in [2.24, 2.45) is 0 Å². The Kier molecular flexibility index (Phi) is 4.26. The molecule has 0 atom stereocenters. The van der Waals surface area contributed by atoms with Gasteiger partial charge in [0.1, 0.15) is 17.4 Å². The number of benzene rings is 1. The summed E-state index contributed by atoms with van der Waals surface area (Å²) in [7, 11) is 0. The summed E-state index contributed by atoms with van der Waals surface area (Å²) in [6.45, 7) is 4.29. The highest BCUT2D eigenvalue weighted by molar-refractivity contribution is 5.55. The molecule has 0 aliphatic heterocycles. The van der Waals surface area contributed by atoms with Crippen molar-refractivity contribution in [3.8, 4) is 6.07 Å². The molecule has 20 heavy (non-hydrogen) atoms. The Hall–Kier alpha value is -2.48. The number of aromatic nitrogens is 2. The van der Waals surface area contributed by atoms with Crippen molar-refractivity contribution >= 4 is 5.82 Å². The minimum atomic E-state index is -0.242. The summed E-state index contributed by atoms with van der Waals surface area (Å²) >= 11 is 0. The van der Waals surface area contributed by atoms with Gasteiger partial charge in [-0.2, -0.15) is 10.4 Å². The molecule has 0 saturated heterocycles. The van der Waals surface area contributed by atoms with Gasteiger partial charge in [0, 0.05) is 6.54 Å². The van der Waals surface area contributed by atoms with Gasteiger partial charge in [-0.1, -0.05) is 12.1 Å². The third kappa shape index (κ3) is 3.09. The van der Waals surface area contributed by atoms with Gasteiger partial charge in [-0.05, 0) is 43.5 Å². The van der Waals surface area contributed by atoms with Crippen molar-refractivity contribution in [2.45, 2.75) is 20.3 Å². The molecule has 1 aromatic heterocycles. The van der Waals surface area contributed by atoms with Crippen molar-refractivity contribution in [3.63, 3.8) is 0 Å². The lowest BCUT2D eigenvalue weighted by Crippen LogP contribution is -2.10. The molecule has 5 heteroatoms. The molecular weight excluding hydrogens is 255 g/mol. The second-order valence-corrected chi connectivity index (χ2v) is 4.55. The fourth-order valence-electron chi connectivity index (χ4n) is 1.85. The molecule has 0 amide bonds. The number of hydrogen-bond donors (Lipinski definition) is 1. The van der Waals surface area contributed by atoms with Crippen LogP contribution in [0.2, 0.25) is 0 Å². The van der Waals surface area contributed by atoms with E-state index in [-0.39, 0.29) is 5.82 Å². The number of anilines is 1. The predicted molar refractivity (Wildman–Crippen MR) is 74.8 cm³/mol. The van der Waals surface area contributed by atoms with E-state index in [0.717, 1.165) is 23.2 Å². The maximum absolute atomic E-state index is 12.8. The molecule has 0 bridgehead atoms. The molecule has 1 N–H and O–H groups in total. The van der Waals surface area contributed by atoms with E-state index in [4.69, 9.17) is 0 Å². The third-order valence-electron chi connectivity index (χ3n) is 3.19. The quantitative estimate of drug-likeness (QED) is 0.928. The summed E-state index contributed by atoms with van der Waals surface area (Å²) in [4.78, 5) is 0. The Morgan fingerprint density at radius 3 is 2.55 bits per heavy atom. The first-order chi connectivity index (χ1) is 9.61. The molecule has 1 heterocycles. The van der Waals surface area contributed by atoms with Crippen LogP contribution in [0.1, 0.15) is 22.4 Å². The molecule has 2 aromatic rings. The number of halogens is 1. The number of rotatable bonds is 4. The van der Waals surface area contributed by atoms with Crippen LogP contribution < -0.4 is 5.32 Å². The van der Waals surface area contributed by atoms with Crippen molar-refractivity contribution in [1.29, 1.82) is 5.26 Å². The number of nitrogens with zero attached hydrogens (tertiary/aromatic N) is 3. The molecule has 0 radical (unpaired) electrons. The second kappa shape index (κ2) is 6.11. The van der Waals surface area contributed by atoms with Gasteiger partial charge in [0.15, 0.2) is 5.82 Å². The first kappa shape index (κ1) is 13.9. The van der Waals surface area contributed by atoms with Crippen molar-refractivity contribution in [2.75, 3.05) is 11.9 Å². The Morgan fingerprint density at radius 2 is 1.90 bits per heavy atom. The van der Waals surface area contributed by atoms with Gasteiger partial charge in [-0.15, -0.1) is 5.10 Å². The van der Waals surface area contributed by atoms with Crippen LogP contribution in [0.3, 0.4) is 0 Å². The molecule has 102 valence electrons. The van der Waals surface area contributed by atoms with E-state index in [1.54, 1.807) is 12.1 Å². The van der Waals surface area contributed by atoms with Gasteiger partial charge >= 0.3 is 0 Å². The zero-order chi connectivity index (χ0) is 14.5. The highest BCUT2D eigenvalue weighted by atomic mass is 19.1. The molecule has 0 aliphatic carbocycles. The number of aryl methyl sites for hydroxylation is 1. The zero-order valence-corrected chi connectivity index (χ0v) is 11.4. The Bertz CT molecular complexity index is 644. The van der Waals surface area contributed by atoms with E-state index >= 15 is 0 Å². The van der Waals surface area contributed by atoms with Gasteiger partial charge in [0.25, 0.3) is 0 Å². The van der Waals surface area contributed by atoms with Gasteiger partial charge < -0.3 is 5.32 Å². The standard InChI is InChI=1S/C15H15FN4/c1-10-11(2)19-20-15(14(10)9-17)18-8-7-12-3-5-13(16)6-4-12/h3-6H,7-8H2,1-2H3,(H,18,20). The van der Waals surface area contributed by atoms with Crippen LogP contribution in [0.4, 0.5) is 10.2 Å². The fraction of sp³-hybridized carbons (Fsp3) is 0.267. The lowest BCUT2D eigenvalue weighted by atomic mass is 10.1. The summed E-state index contributed by atoms with van der Waals surface area (Å²) in [6, 6.07) is 8.51. The molecule has 0 unspecified atom stereocenters. The minimum absolute atomic E-state index is 0.242. The highest BCUT2D eigenvalue weighted by Crippen LogP contribution is 2.17. The minimum Gasteiger partial charge on any atom is -0.367 e. The van der Waals surface area contributed by atoms with E-state index < -0.39 is 0 Å². The lowest BCUT2D eigenvalue weighted by molar-refractivity contribution is 0.627. The average Bonchev–Trinajstić information content (AvgIpc) is 2.45. The van der Waals surface area contributed by atoms with E-state index in [1.165, 1.54) is 12.1 Å². The monoisotopic (exact) mass is 270 g/mol. The van der Waals surface area contributed by atoms with E-state index in [9.17, 15) is 9.65 Å². The SMILES string of the molecule is Cc1nnc(NCCc2ccc(F)cc2)c(C#N)c1C. The summed E-state index contributed by atoms with van der Waals surface area (Å²) in [5.74, 6) is 0.256. The maximum Gasteiger partial charge on any atom is 0.166 e. The van der Waals surface area contributed by atoms with Crippen molar-refractivity contribution in [1.82, 2.24) is 10.2 Å². The number of hydrogen-bond acceptors (Lipinski definition) is 4. The fourth-order valence-corrected chi connectivity index (χ4v) is 1.85. The Morgan fingerprint density at radius 1 is 1.20 bits per heavy atom. The summed E-state index contributed by atoms with van der Waals surface area (Å²) < 4.78 is 12.8. The smallest absolute Gasteiger partial charge is 0.166 e. The number of nitriles is 1. The molecule has 1 aromatic carbocycles. The molecule has 0 saturated carbocycles.